The van der Waals surface area contributed by atoms with Crippen LogP contribution in [0, 0.1) is 0 Å². The van der Waals surface area contributed by atoms with E-state index in [1.165, 1.54) is 18.3 Å². The quantitative estimate of drug-likeness (QED) is 0.431. The maximum Gasteiger partial charge on any atom is 0.358 e. The summed E-state index contributed by atoms with van der Waals surface area (Å²) in [5.74, 6) is -0.708. The molecule has 0 aromatic carbocycles. The highest BCUT2D eigenvalue weighted by Gasteiger charge is 2.21. The third kappa shape index (κ3) is 3.89. The van der Waals surface area contributed by atoms with Crippen molar-refractivity contribution < 1.29 is 19.1 Å². The molecular weight excluding hydrogens is 254 g/mol. The van der Waals surface area contributed by atoms with Crippen molar-refractivity contribution >= 4 is 23.1 Å². The highest BCUT2D eigenvalue weighted by atomic mass is 32.1. The molecule has 0 amide bonds. The molecule has 0 bridgehead atoms. The number of aromatic nitrogens is 1. The van der Waals surface area contributed by atoms with Crippen LogP contribution in [0.4, 0.5) is 0 Å². The summed E-state index contributed by atoms with van der Waals surface area (Å²) in [7, 11) is 0. The number of ketones is 1. The summed E-state index contributed by atoms with van der Waals surface area (Å²) in [6, 6.07) is 0. The SMILES string of the molecule is CCOCCc1nc(C(=O)OCC)c(C(C)=O)s1. The molecule has 0 saturated carbocycles. The fraction of sp³-hybridized carbons (Fsp3) is 0.583. The number of nitrogens with zero attached hydrogens (tertiary/aromatic N) is 1. The summed E-state index contributed by atoms with van der Waals surface area (Å²) in [5, 5.41) is 0.719. The van der Waals surface area contributed by atoms with Gasteiger partial charge in [-0.2, -0.15) is 0 Å². The van der Waals surface area contributed by atoms with Crippen molar-refractivity contribution in [1.29, 1.82) is 0 Å². The van der Waals surface area contributed by atoms with E-state index in [1.54, 1.807) is 6.92 Å². The smallest absolute Gasteiger partial charge is 0.358 e. The molecule has 6 heteroatoms. The molecule has 0 radical (unpaired) electrons. The van der Waals surface area contributed by atoms with Gasteiger partial charge >= 0.3 is 5.97 Å². The molecule has 0 unspecified atom stereocenters. The Hall–Kier alpha value is -1.27. The van der Waals surface area contributed by atoms with E-state index in [1.807, 2.05) is 6.92 Å². The number of esters is 1. The van der Waals surface area contributed by atoms with Gasteiger partial charge in [0.25, 0.3) is 0 Å². The van der Waals surface area contributed by atoms with E-state index >= 15 is 0 Å². The molecule has 1 rings (SSSR count). The molecule has 0 aliphatic carbocycles. The minimum atomic E-state index is -0.540. The zero-order valence-corrected chi connectivity index (χ0v) is 11.6. The minimum Gasteiger partial charge on any atom is -0.461 e. The van der Waals surface area contributed by atoms with Gasteiger partial charge in [0.05, 0.1) is 18.2 Å². The van der Waals surface area contributed by atoms with E-state index in [0.29, 0.717) is 24.5 Å². The monoisotopic (exact) mass is 271 g/mol. The molecule has 18 heavy (non-hydrogen) atoms. The van der Waals surface area contributed by atoms with Crippen LogP contribution in [0.2, 0.25) is 0 Å². The number of ether oxygens (including phenoxy) is 2. The van der Waals surface area contributed by atoms with Crippen LogP contribution < -0.4 is 0 Å². The molecule has 1 aromatic rings. The maximum atomic E-state index is 11.7. The van der Waals surface area contributed by atoms with Gasteiger partial charge in [-0.15, -0.1) is 11.3 Å². The lowest BCUT2D eigenvalue weighted by atomic mass is 10.3. The Labute approximate surface area is 110 Å². The number of carbonyl (C=O) groups excluding carboxylic acids is 2. The van der Waals surface area contributed by atoms with Gasteiger partial charge in [-0.3, -0.25) is 4.79 Å². The fourth-order valence-corrected chi connectivity index (χ4v) is 2.28. The molecular formula is C12H17NO4S. The summed E-state index contributed by atoms with van der Waals surface area (Å²) in [6.45, 7) is 6.48. The van der Waals surface area contributed by atoms with Gasteiger partial charge < -0.3 is 9.47 Å². The largest absolute Gasteiger partial charge is 0.461 e. The van der Waals surface area contributed by atoms with Crippen LogP contribution >= 0.6 is 11.3 Å². The third-order valence-electron chi connectivity index (χ3n) is 2.12. The topological polar surface area (TPSA) is 65.5 Å². The summed E-state index contributed by atoms with van der Waals surface area (Å²) in [5.41, 5.74) is 0.126. The lowest BCUT2D eigenvalue weighted by molar-refractivity contribution is 0.0517. The summed E-state index contributed by atoms with van der Waals surface area (Å²) in [4.78, 5) is 27.6. The summed E-state index contributed by atoms with van der Waals surface area (Å²) < 4.78 is 10.1. The van der Waals surface area contributed by atoms with Crippen molar-refractivity contribution in [2.45, 2.75) is 27.2 Å². The van der Waals surface area contributed by atoms with Crippen molar-refractivity contribution in [1.82, 2.24) is 4.98 Å². The summed E-state index contributed by atoms with van der Waals surface area (Å²) >= 11 is 1.23. The number of thiazole rings is 1. The first-order valence-corrected chi connectivity index (χ1v) is 6.67. The minimum absolute atomic E-state index is 0.126. The zero-order valence-electron chi connectivity index (χ0n) is 10.8. The Morgan fingerprint density at radius 2 is 2.00 bits per heavy atom. The van der Waals surface area contributed by atoms with Gasteiger partial charge in [-0.25, -0.2) is 9.78 Å². The van der Waals surface area contributed by atoms with Gasteiger partial charge in [0.1, 0.15) is 4.88 Å². The van der Waals surface area contributed by atoms with Crippen LogP contribution in [-0.2, 0) is 15.9 Å². The number of Topliss-reactive ketones (excluding diaryl/α,β-unsaturated/α-hetero) is 1. The zero-order chi connectivity index (χ0) is 13.5. The Kier molecular flexibility index (Phi) is 5.94. The van der Waals surface area contributed by atoms with Gasteiger partial charge in [-0.05, 0) is 13.8 Å². The number of rotatable bonds is 7. The molecule has 0 N–H and O–H groups in total. The average Bonchev–Trinajstić information content (AvgIpc) is 2.74. The molecule has 1 aromatic heterocycles. The van der Waals surface area contributed by atoms with Crippen LogP contribution in [-0.4, -0.2) is 36.6 Å². The highest BCUT2D eigenvalue weighted by Crippen LogP contribution is 2.20. The van der Waals surface area contributed by atoms with Crippen LogP contribution in [0.25, 0.3) is 0 Å². The highest BCUT2D eigenvalue weighted by molar-refractivity contribution is 7.14. The Bertz CT molecular complexity index is 428. The van der Waals surface area contributed by atoms with Crippen LogP contribution in [0.5, 0.6) is 0 Å². The van der Waals surface area contributed by atoms with E-state index in [4.69, 9.17) is 9.47 Å². The van der Waals surface area contributed by atoms with Crippen molar-refractivity contribution in [3.8, 4) is 0 Å². The normalized spacial score (nSPS) is 10.4. The van der Waals surface area contributed by atoms with E-state index in [9.17, 15) is 9.59 Å². The van der Waals surface area contributed by atoms with Crippen LogP contribution in [0.15, 0.2) is 0 Å². The predicted octanol–water partition coefficient (Wildman–Crippen LogP) is 2.10. The van der Waals surface area contributed by atoms with Crippen molar-refractivity contribution in [3.05, 3.63) is 15.6 Å². The molecule has 5 nitrogen and oxygen atoms in total. The second-order valence-corrected chi connectivity index (χ2v) is 4.59. The first kappa shape index (κ1) is 14.8. The fourth-order valence-electron chi connectivity index (χ4n) is 1.35. The molecule has 1 heterocycles. The van der Waals surface area contributed by atoms with Crippen LogP contribution in [0.1, 0.15) is 45.9 Å². The number of carbonyl (C=O) groups is 2. The first-order valence-electron chi connectivity index (χ1n) is 5.85. The Balaban J connectivity index is 2.87. The van der Waals surface area contributed by atoms with Gasteiger partial charge in [0.2, 0.25) is 0 Å². The lowest BCUT2D eigenvalue weighted by Gasteiger charge is -1.99. The molecule has 0 spiro atoms. The van der Waals surface area contributed by atoms with Gasteiger partial charge in [0, 0.05) is 20.0 Å². The van der Waals surface area contributed by atoms with Gasteiger partial charge in [-0.1, -0.05) is 0 Å². The average molecular weight is 271 g/mol. The van der Waals surface area contributed by atoms with E-state index < -0.39 is 5.97 Å². The molecule has 0 aliphatic rings. The molecule has 0 saturated heterocycles. The molecule has 0 atom stereocenters. The Morgan fingerprint density at radius 3 is 2.56 bits per heavy atom. The van der Waals surface area contributed by atoms with E-state index in [2.05, 4.69) is 4.98 Å². The molecule has 0 fully saturated rings. The third-order valence-corrected chi connectivity index (χ3v) is 3.34. The Morgan fingerprint density at radius 1 is 1.28 bits per heavy atom. The summed E-state index contributed by atoms with van der Waals surface area (Å²) in [6.07, 6.45) is 0.595. The maximum absolute atomic E-state index is 11.7. The number of hydrogen-bond acceptors (Lipinski definition) is 6. The molecule has 100 valence electrons. The molecule has 0 aliphatic heterocycles. The first-order chi connectivity index (χ1) is 8.60. The predicted molar refractivity (Wildman–Crippen MR) is 68.3 cm³/mol. The lowest BCUT2D eigenvalue weighted by Crippen LogP contribution is -2.09. The van der Waals surface area contributed by atoms with Crippen molar-refractivity contribution in [3.63, 3.8) is 0 Å². The second kappa shape index (κ2) is 7.23. The van der Waals surface area contributed by atoms with Crippen LogP contribution in [0.3, 0.4) is 0 Å². The van der Waals surface area contributed by atoms with Crippen molar-refractivity contribution in [2.75, 3.05) is 19.8 Å². The standard InChI is InChI=1S/C12H17NO4S/c1-4-16-7-6-9-13-10(12(15)17-5-2)11(18-9)8(3)14/h4-7H2,1-3H3. The number of hydrogen-bond donors (Lipinski definition) is 0. The van der Waals surface area contributed by atoms with E-state index in [0.717, 1.165) is 5.01 Å². The second-order valence-electron chi connectivity index (χ2n) is 3.51. The van der Waals surface area contributed by atoms with E-state index in [-0.39, 0.29) is 18.1 Å². The van der Waals surface area contributed by atoms with Gasteiger partial charge in [0.15, 0.2) is 11.5 Å². The van der Waals surface area contributed by atoms with Crippen molar-refractivity contribution in [2.24, 2.45) is 0 Å².